The van der Waals surface area contributed by atoms with Gasteiger partial charge in [-0.3, -0.25) is 9.59 Å². The molecule has 1 atom stereocenters. The molecule has 1 aromatic rings. The smallest absolute Gasteiger partial charge is 0.217 e. The van der Waals surface area contributed by atoms with Crippen LogP contribution in [0.15, 0.2) is 30.3 Å². The first-order chi connectivity index (χ1) is 6.61. The molecule has 1 amide bonds. The van der Waals surface area contributed by atoms with Crippen LogP contribution in [-0.2, 0) is 4.79 Å². The molecule has 3 heteroatoms. The Morgan fingerprint density at radius 1 is 1.21 bits per heavy atom. The fourth-order valence-electron chi connectivity index (χ4n) is 1.22. The van der Waals surface area contributed by atoms with Crippen LogP contribution in [0.3, 0.4) is 0 Å². The van der Waals surface area contributed by atoms with E-state index in [1.165, 1.54) is 6.92 Å². The zero-order valence-electron chi connectivity index (χ0n) is 8.28. The van der Waals surface area contributed by atoms with Crippen LogP contribution in [0.25, 0.3) is 0 Å². The summed E-state index contributed by atoms with van der Waals surface area (Å²) < 4.78 is 0. The van der Waals surface area contributed by atoms with Crippen LogP contribution in [0, 0.1) is 0 Å². The van der Waals surface area contributed by atoms with Gasteiger partial charge in [0.1, 0.15) is 0 Å². The maximum atomic E-state index is 11.7. The number of benzene rings is 1. The number of rotatable bonds is 3. The lowest BCUT2D eigenvalue weighted by Gasteiger charge is -2.10. The van der Waals surface area contributed by atoms with E-state index in [0.29, 0.717) is 5.56 Å². The van der Waals surface area contributed by atoms with Gasteiger partial charge in [0, 0.05) is 12.5 Å². The standard InChI is InChI=1S/C11H13NO2/c1-8(12-9(2)13)11(14)10-6-4-3-5-7-10/h3-8H,1-2H3,(H,12,13). The lowest BCUT2D eigenvalue weighted by atomic mass is 10.1. The van der Waals surface area contributed by atoms with Crippen LogP contribution in [-0.4, -0.2) is 17.7 Å². The largest absolute Gasteiger partial charge is 0.346 e. The van der Waals surface area contributed by atoms with E-state index in [0.717, 1.165) is 0 Å². The van der Waals surface area contributed by atoms with E-state index in [9.17, 15) is 9.59 Å². The fraction of sp³-hybridized carbons (Fsp3) is 0.273. The van der Waals surface area contributed by atoms with Crippen LogP contribution in [0.5, 0.6) is 0 Å². The second-order valence-electron chi connectivity index (χ2n) is 3.15. The van der Waals surface area contributed by atoms with E-state index >= 15 is 0 Å². The Balaban J connectivity index is 2.71. The minimum atomic E-state index is -0.463. The molecule has 74 valence electrons. The van der Waals surface area contributed by atoms with Crippen molar-refractivity contribution in [2.75, 3.05) is 0 Å². The average molecular weight is 191 g/mol. The summed E-state index contributed by atoms with van der Waals surface area (Å²) in [6.07, 6.45) is 0. The van der Waals surface area contributed by atoms with Crippen LogP contribution in [0.1, 0.15) is 24.2 Å². The van der Waals surface area contributed by atoms with Gasteiger partial charge in [-0.1, -0.05) is 30.3 Å². The third-order valence-corrected chi connectivity index (χ3v) is 1.87. The lowest BCUT2D eigenvalue weighted by Crippen LogP contribution is -2.37. The zero-order chi connectivity index (χ0) is 10.6. The van der Waals surface area contributed by atoms with Crippen molar-refractivity contribution in [1.82, 2.24) is 5.32 Å². The zero-order valence-corrected chi connectivity index (χ0v) is 8.28. The van der Waals surface area contributed by atoms with Gasteiger partial charge in [-0.2, -0.15) is 0 Å². The lowest BCUT2D eigenvalue weighted by molar-refractivity contribution is -0.119. The minimum Gasteiger partial charge on any atom is -0.346 e. The van der Waals surface area contributed by atoms with Crippen LogP contribution in [0.4, 0.5) is 0 Å². The molecule has 0 spiro atoms. The van der Waals surface area contributed by atoms with Gasteiger partial charge in [-0.15, -0.1) is 0 Å². The van der Waals surface area contributed by atoms with Crippen LogP contribution < -0.4 is 5.32 Å². The van der Waals surface area contributed by atoms with E-state index in [2.05, 4.69) is 5.32 Å². The van der Waals surface area contributed by atoms with Crippen molar-refractivity contribution in [1.29, 1.82) is 0 Å². The van der Waals surface area contributed by atoms with E-state index in [4.69, 9.17) is 0 Å². The molecule has 0 fully saturated rings. The number of nitrogens with one attached hydrogen (secondary N) is 1. The Labute approximate surface area is 83.1 Å². The molecule has 0 heterocycles. The molecule has 0 bridgehead atoms. The molecule has 1 rings (SSSR count). The number of carbonyl (C=O) groups is 2. The second kappa shape index (κ2) is 4.56. The monoisotopic (exact) mass is 191 g/mol. The van der Waals surface area contributed by atoms with Gasteiger partial charge >= 0.3 is 0 Å². The summed E-state index contributed by atoms with van der Waals surface area (Å²) in [4.78, 5) is 22.4. The van der Waals surface area contributed by atoms with Gasteiger partial charge in [0.05, 0.1) is 6.04 Å². The molecule has 0 saturated carbocycles. The number of amides is 1. The molecule has 1 unspecified atom stereocenters. The van der Waals surface area contributed by atoms with Gasteiger partial charge < -0.3 is 5.32 Å². The number of Topliss-reactive ketones (excluding diaryl/α,β-unsaturated/α-hetero) is 1. The van der Waals surface area contributed by atoms with Gasteiger partial charge in [0.15, 0.2) is 5.78 Å². The third-order valence-electron chi connectivity index (χ3n) is 1.87. The molecule has 3 nitrogen and oxygen atoms in total. The molecule has 1 N–H and O–H groups in total. The van der Waals surface area contributed by atoms with Crippen molar-refractivity contribution >= 4 is 11.7 Å². The SMILES string of the molecule is CC(=O)NC(C)C(=O)c1ccccc1. The molecule has 0 saturated heterocycles. The predicted octanol–water partition coefficient (Wildman–Crippen LogP) is 1.39. The first kappa shape index (κ1) is 10.4. The highest BCUT2D eigenvalue weighted by Crippen LogP contribution is 2.02. The van der Waals surface area contributed by atoms with Gasteiger partial charge in [-0.05, 0) is 6.92 Å². The summed E-state index contributed by atoms with van der Waals surface area (Å²) in [5.74, 6) is -0.261. The van der Waals surface area contributed by atoms with E-state index < -0.39 is 6.04 Å². The molecule has 0 aliphatic rings. The molecule has 0 aliphatic heterocycles. The van der Waals surface area contributed by atoms with Crippen LogP contribution in [0.2, 0.25) is 0 Å². The average Bonchev–Trinajstić information content (AvgIpc) is 2.17. The summed E-state index contributed by atoms with van der Waals surface area (Å²) in [5, 5.41) is 2.55. The van der Waals surface area contributed by atoms with Crippen molar-refractivity contribution < 1.29 is 9.59 Å². The molecular formula is C11H13NO2. The predicted molar refractivity (Wildman–Crippen MR) is 54.1 cm³/mol. The number of hydrogen-bond acceptors (Lipinski definition) is 2. The first-order valence-electron chi connectivity index (χ1n) is 4.47. The Bertz CT molecular complexity index is 332. The second-order valence-corrected chi connectivity index (χ2v) is 3.15. The van der Waals surface area contributed by atoms with E-state index in [-0.39, 0.29) is 11.7 Å². The molecule has 0 aromatic heterocycles. The number of hydrogen-bond donors (Lipinski definition) is 1. The molecule has 0 radical (unpaired) electrons. The van der Waals surface area contributed by atoms with Crippen molar-refractivity contribution in [2.45, 2.75) is 19.9 Å². The highest BCUT2D eigenvalue weighted by Gasteiger charge is 2.14. The number of ketones is 1. The summed E-state index contributed by atoms with van der Waals surface area (Å²) >= 11 is 0. The summed E-state index contributed by atoms with van der Waals surface area (Å²) in [6, 6.07) is 8.46. The van der Waals surface area contributed by atoms with Gasteiger partial charge in [-0.25, -0.2) is 0 Å². The van der Waals surface area contributed by atoms with E-state index in [1.807, 2.05) is 6.07 Å². The fourth-order valence-corrected chi connectivity index (χ4v) is 1.22. The summed E-state index contributed by atoms with van der Waals surface area (Å²) in [6.45, 7) is 3.07. The molecule has 14 heavy (non-hydrogen) atoms. The summed E-state index contributed by atoms with van der Waals surface area (Å²) in [7, 11) is 0. The minimum absolute atomic E-state index is 0.0687. The maximum absolute atomic E-state index is 11.7. The number of carbonyl (C=O) groups excluding carboxylic acids is 2. The van der Waals surface area contributed by atoms with Gasteiger partial charge in [0.2, 0.25) is 5.91 Å². The Morgan fingerprint density at radius 2 is 1.79 bits per heavy atom. The van der Waals surface area contributed by atoms with Crippen molar-refractivity contribution in [3.05, 3.63) is 35.9 Å². The Morgan fingerprint density at radius 3 is 2.29 bits per heavy atom. The Kier molecular flexibility index (Phi) is 3.40. The van der Waals surface area contributed by atoms with Crippen molar-refractivity contribution in [3.63, 3.8) is 0 Å². The highest BCUT2D eigenvalue weighted by atomic mass is 16.2. The third kappa shape index (κ3) is 2.69. The molecule has 1 aromatic carbocycles. The van der Waals surface area contributed by atoms with Crippen LogP contribution >= 0.6 is 0 Å². The molecular weight excluding hydrogens is 178 g/mol. The topological polar surface area (TPSA) is 46.2 Å². The van der Waals surface area contributed by atoms with Crippen molar-refractivity contribution in [3.8, 4) is 0 Å². The Hall–Kier alpha value is -1.64. The normalized spacial score (nSPS) is 11.9. The first-order valence-corrected chi connectivity index (χ1v) is 4.47. The highest BCUT2D eigenvalue weighted by molar-refractivity contribution is 6.01. The molecule has 0 aliphatic carbocycles. The summed E-state index contributed by atoms with van der Waals surface area (Å²) in [5.41, 5.74) is 0.619. The van der Waals surface area contributed by atoms with Gasteiger partial charge in [0.25, 0.3) is 0 Å². The van der Waals surface area contributed by atoms with Crippen molar-refractivity contribution in [2.24, 2.45) is 0 Å². The van der Waals surface area contributed by atoms with E-state index in [1.54, 1.807) is 31.2 Å². The quantitative estimate of drug-likeness (QED) is 0.734. The maximum Gasteiger partial charge on any atom is 0.217 e.